The molecule has 0 fully saturated rings. The van der Waals surface area contributed by atoms with Gasteiger partial charge in [-0.15, -0.1) is 0 Å². The largest absolute Gasteiger partial charge is 1.00 e. The molecule has 0 heterocycles. The molecule has 3 heteroatoms. The first-order valence-electron chi connectivity index (χ1n) is 6.09. The summed E-state index contributed by atoms with van der Waals surface area (Å²) >= 11 is 0. The number of hydrogen-bond donors (Lipinski definition) is 0. The predicted molar refractivity (Wildman–Crippen MR) is 66.6 cm³/mol. The van der Waals surface area contributed by atoms with Crippen molar-refractivity contribution in [2.24, 2.45) is 0 Å². The molecule has 0 aliphatic heterocycles. The molecule has 0 N–H and O–H groups in total. The topological polar surface area (TPSA) is 0 Å². The third-order valence-electron chi connectivity index (χ3n) is 2.79. The van der Waals surface area contributed by atoms with Crippen LogP contribution in [0.15, 0.2) is 0 Å². The van der Waals surface area contributed by atoms with Crippen LogP contribution in [0.3, 0.4) is 0 Å². The van der Waals surface area contributed by atoms with E-state index < -0.39 is 0 Å². The van der Waals surface area contributed by atoms with Gasteiger partial charge in [-0.2, -0.15) is 0 Å². The summed E-state index contributed by atoms with van der Waals surface area (Å²) in [4.78, 5) is 0. The summed E-state index contributed by atoms with van der Waals surface area (Å²) in [7, 11) is 0. The second-order valence-corrected chi connectivity index (χ2v) is 4.24. The summed E-state index contributed by atoms with van der Waals surface area (Å²) in [6.07, 6.45) is 5.33. The van der Waals surface area contributed by atoms with Gasteiger partial charge in [-0.25, -0.2) is 0 Å². The van der Waals surface area contributed by atoms with Crippen molar-refractivity contribution in [1.29, 1.82) is 0 Å². The van der Waals surface area contributed by atoms with E-state index in [-0.39, 0.29) is 40.9 Å². The van der Waals surface area contributed by atoms with Crippen molar-refractivity contribution in [3.63, 3.8) is 0 Å². The van der Waals surface area contributed by atoms with Crippen LogP contribution >= 0.6 is 0 Å². The third-order valence-corrected chi connectivity index (χ3v) is 2.79. The molecule has 0 amide bonds. The molecule has 0 aromatic rings. The zero-order valence-corrected chi connectivity index (χ0v) is 15.4. The number of nitrogens with zero attached hydrogens (tertiary/aromatic N) is 1. The summed E-state index contributed by atoms with van der Waals surface area (Å²) in [5.74, 6) is 0. The minimum Gasteiger partial charge on any atom is -1.00 e. The molecule has 0 rings (SSSR count). The Kier molecular flexibility index (Phi) is 19.1. The first-order valence-corrected chi connectivity index (χ1v) is 6.09. The summed E-state index contributed by atoms with van der Waals surface area (Å²) in [6, 6.07) is 0. The van der Waals surface area contributed by atoms with Crippen LogP contribution in [0.1, 0.15) is 53.4 Å². The maximum absolute atomic E-state index is 2.31. The third kappa shape index (κ3) is 8.99. The van der Waals surface area contributed by atoms with E-state index in [1.807, 2.05) is 0 Å². The molecule has 0 spiro atoms. The SMILES string of the molecule is CCC[N+](CCC)(CCC)CCC.[Br-].[Sn]. The molecule has 0 aromatic carbocycles. The zero-order chi connectivity index (χ0) is 10.2. The molecular formula is C12H28BrNSn. The molecule has 0 saturated heterocycles. The van der Waals surface area contributed by atoms with E-state index in [0.29, 0.717) is 0 Å². The predicted octanol–water partition coefficient (Wildman–Crippen LogP) is 0.0664. The van der Waals surface area contributed by atoms with Crippen molar-refractivity contribution in [3.8, 4) is 0 Å². The van der Waals surface area contributed by atoms with Crippen LogP contribution in [0.25, 0.3) is 0 Å². The van der Waals surface area contributed by atoms with Crippen molar-refractivity contribution >= 4 is 23.9 Å². The van der Waals surface area contributed by atoms with E-state index in [0.717, 1.165) is 0 Å². The van der Waals surface area contributed by atoms with E-state index in [1.54, 1.807) is 0 Å². The van der Waals surface area contributed by atoms with Gasteiger partial charge in [0.1, 0.15) is 0 Å². The Labute approximate surface area is 124 Å². The standard InChI is InChI=1S/C12H28N.BrH.Sn/c1-5-9-13(10-6-2,11-7-3)12-8-4;;/h5-12H2,1-4H3;1H;/q+1;;/p-1. The molecule has 1 nitrogen and oxygen atoms in total. The van der Waals surface area contributed by atoms with Gasteiger partial charge in [0.2, 0.25) is 0 Å². The van der Waals surface area contributed by atoms with Crippen molar-refractivity contribution in [3.05, 3.63) is 0 Å². The van der Waals surface area contributed by atoms with Crippen molar-refractivity contribution in [1.82, 2.24) is 0 Å². The summed E-state index contributed by atoms with van der Waals surface area (Å²) in [5, 5.41) is 0. The van der Waals surface area contributed by atoms with Gasteiger partial charge in [-0.05, 0) is 25.7 Å². The quantitative estimate of drug-likeness (QED) is 0.410. The number of hydrogen-bond acceptors (Lipinski definition) is 0. The van der Waals surface area contributed by atoms with Gasteiger partial charge in [0.25, 0.3) is 0 Å². The van der Waals surface area contributed by atoms with Crippen molar-refractivity contribution < 1.29 is 21.5 Å². The monoisotopic (exact) mass is 385 g/mol. The van der Waals surface area contributed by atoms with E-state index in [2.05, 4.69) is 27.7 Å². The fraction of sp³-hybridized carbons (Fsp3) is 1.00. The van der Waals surface area contributed by atoms with Crippen LogP contribution in [-0.4, -0.2) is 54.6 Å². The van der Waals surface area contributed by atoms with Crippen LogP contribution in [0.5, 0.6) is 0 Å². The van der Waals surface area contributed by atoms with E-state index in [1.165, 1.54) is 56.3 Å². The van der Waals surface area contributed by atoms with Crippen LogP contribution in [-0.2, 0) is 0 Å². The van der Waals surface area contributed by atoms with Gasteiger partial charge in [-0.3, -0.25) is 0 Å². The Balaban J connectivity index is -0.000000720. The van der Waals surface area contributed by atoms with Gasteiger partial charge in [0, 0.05) is 23.9 Å². The zero-order valence-electron chi connectivity index (χ0n) is 11.0. The Morgan fingerprint density at radius 2 is 0.800 bits per heavy atom. The molecule has 0 aliphatic carbocycles. The van der Waals surface area contributed by atoms with Crippen LogP contribution in [0, 0.1) is 0 Å². The molecule has 15 heavy (non-hydrogen) atoms. The molecule has 0 atom stereocenters. The molecule has 0 aliphatic rings. The summed E-state index contributed by atoms with van der Waals surface area (Å²) in [5.41, 5.74) is 0. The minimum absolute atomic E-state index is 0. The van der Waals surface area contributed by atoms with Gasteiger partial charge in [0.05, 0.1) is 26.2 Å². The second-order valence-electron chi connectivity index (χ2n) is 4.24. The smallest absolute Gasteiger partial charge is 0.0783 e. The maximum atomic E-state index is 2.31. The van der Waals surface area contributed by atoms with Crippen molar-refractivity contribution in [2.75, 3.05) is 26.2 Å². The van der Waals surface area contributed by atoms with E-state index in [4.69, 9.17) is 0 Å². The Morgan fingerprint density at radius 1 is 0.600 bits per heavy atom. The Hall–Kier alpha value is 1.24. The summed E-state index contributed by atoms with van der Waals surface area (Å²) in [6.45, 7) is 14.8. The van der Waals surface area contributed by atoms with Crippen LogP contribution in [0.4, 0.5) is 0 Å². The average molecular weight is 385 g/mol. The van der Waals surface area contributed by atoms with Crippen LogP contribution in [0.2, 0.25) is 0 Å². The first-order chi connectivity index (χ1) is 6.24. The van der Waals surface area contributed by atoms with E-state index >= 15 is 0 Å². The molecule has 0 aromatic heterocycles. The molecule has 0 unspecified atom stereocenters. The van der Waals surface area contributed by atoms with Gasteiger partial charge >= 0.3 is 0 Å². The summed E-state index contributed by atoms with van der Waals surface area (Å²) < 4.78 is 1.38. The fourth-order valence-electron chi connectivity index (χ4n) is 2.57. The van der Waals surface area contributed by atoms with Crippen molar-refractivity contribution in [2.45, 2.75) is 53.4 Å². The first kappa shape index (κ1) is 21.5. The minimum atomic E-state index is 0. The number of quaternary nitrogens is 1. The van der Waals surface area contributed by atoms with Gasteiger partial charge in [0.15, 0.2) is 0 Å². The normalized spacial score (nSPS) is 10.4. The maximum Gasteiger partial charge on any atom is 0.0783 e. The number of halogens is 1. The fourth-order valence-corrected chi connectivity index (χ4v) is 2.57. The molecular weight excluding hydrogens is 357 g/mol. The van der Waals surface area contributed by atoms with Gasteiger partial charge < -0.3 is 21.5 Å². The van der Waals surface area contributed by atoms with Crippen LogP contribution < -0.4 is 17.0 Å². The molecule has 0 saturated carbocycles. The average Bonchev–Trinajstić information content (AvgIpc) is 2.06. The van der Waals surface area contributed by atoms with E-state index in [9.17, 15) is 0 Å². The Morgan fingerprint density at radius 3 is 0.933 bits per heavy atom. The number of rotatable bonds is 8. The Bertz CT molecular complexity index is 90.7. The molecule has 4 radical (unpaired) electrons. The molecule has 0 bridgehead atoms. The second kappa shape index (κ2) is 13.3. The van der Waals surface area contributed by atoms with Gasteiger partial charge in [-0.1, -0.05) is 27.7 Å². The molecule has 92 valence electrons.